The van der Waals surface area contributed by atoms with Gasteiger partial charge in [-0.15, -0.1) is 0 Å². The average Bonchev–Trinajstić information content (AvgIpc) is 3.04. The molecule has 6 heteroatoms. The van der Waals surface area contributed by atoms with Crippen LogP contribution in [0.1, 0.15) is 50.9 Å². The number of esters is 1. The highest BCUT2D eigenvalue weighted by molar-refractivity contribution is 5.89. The minimum absolute atomic E-state index is 0.159. The summed E-state index contributed by atoms with van der Waals surface area (Å²) >= 11 is 0. The van der Waals surface area contributed by atoms with Gasteiger partial charge < -0.3 is 9.30 Å². The molecule has 32 heavy (non-hydrogen) atoms. The molecule has 166 valence electrons. The van der Waals surface area contributed by atoms with E-state index < -0.39 is 0 Å². The van der Waals surface area contributed by atoms with Crippen molar-refractivity contribution in [1.29, 1.82) is 0 Å². The molecule has 3 aromatic rings. The van der Waals surface area contributed by atoms with Crippen LogP contribution in [0.4, 0.5) is 0 Å². The first-order valence-corrected chi connectivity index (χ1v) is 10.6. The molecular weight excluding hydrogens is 402 g/mol. The fourth-order valence-corrected chi connectivity index (χ4v) is 3.59. The number of hydrogen-bond donors (Lipinski definition) is 1. The van der Waals surface area contributed by atoms with Crippen LogP contribution >= 0.6 is 0 Å². The zero-order valence-electron chi connectivity index (χ0n) is 19.2. The SMILES string of the molecule is CCOC(=O)c1ccc(-n2c(C)cc(/C=N\NC(=O)Cc3ccc(C)c(C)c3)c2C)cc1. The fraction of sp³-hybridized carbons (Fsp3) is 0.269. The van der Waals surface area contributed by atoms with E-state index in [1.165, 1.54) is 11.1 Å². The highest BCUT2D eigenvalue weighted by Crippen LogP contribution is 2.20. The van der Waals surface area contributed by atoms with E-state index in [2.05, 4.69) is 22.0 Å². The number of aromatic nitrogens is 1. The first-order valence-electron chi connectivity index (χ1n) is 10.6. The Hall–Kier alpha value is -3.67. The van der Waals surface area contributed by atoms with Gasteiger partial charge in [-0.3, -0.25) is 4.79 Å². The Morgan fingerprint density at radius 2 is 1.72 bits per heavy atom. The fourth-order valence-electron chi connectivity index (χ4n) is 3.59. The zero-order chi connectivity index (χ0) is 23.3. The van der Waals surface area contributed by atoms with Gasteiger partial charge in [-0.1, -0.05) is 18.2 Å². The second-order valence-corrected chi connectivity index (χ2v) is 7.82. The van der Waals surface area contributed by atoms with Crippen LogP contribution in [0.3, 0.4) is 0 Å². The van der Waals surface area contributed by atoms with Crippen molar-refractivity contribution in [3.8, 4) is 5.69 Å². The molecule has 0 atom stereocenters. The minimum atomic E-state index is -0.329. The Morgan fingerprint density at radius 3 is 2.38 bits per heavy atom. The van der Waals surface area contributed by atoms with Crippen LogP contribution in [0.2, 0.25) is 0 Å². The Bertz CT molecular complexity index is 1160. The number of rotatable bonds is 7. The number of nitrogens with zero attached hydrogens (tertiary/aromatic N) is 2. The third-order valence-electron chi connectivity index (χ3n) is 5.44. The first-order chi connectivity index (χ1) is 15.3. The van der Waals surface area contributed by atoms with Gasteiger partial charge in [-0.2, -0.15) is 5.10 Å². The van der Waals surface area contributed by atoms with Crippen molar-refractivity contribution in [1.82, 2.24) is 9.99 Å². The van der Waals surface area contributed by atoms with Gasteiger partial charge in [-0.25, -0.2) is 10.2 Å². The summed E-state index contributed by atoms with van der Waals surface area (Å²) in [5, 5.41) is 4.15. The molecule has 1 amide bonds. The Morgan fingerprint density at radius 1 is 1.00 bits per heavy atom. The quantitative estimate of drug-likeness (QED) is 0.338. The molecule has 1 N–H and O–H groups in total. The van der Waals surface area contributed by atoms with Crippen molar-refractivity contribution in [3.63, 3.8) is 0 Å². The molecule has 0 bridgehead atoms. The number of amides is 1. The lowest BCUT2D eigenvalue weighted by molar-refractivity contribution is -0.120. The Balaban J connectivity index is 1.69. The van der Waals surface area contributed by atoms with Crippen molar-refractivity contribution in [2.75, 3.05) is 6.61 Å². The molecule has 1 aromatic heterocycles. The number of hydrogen-bond acceptors (Lipinski definition) is 4. The number of aryl methyl sites for hydroxylation is 3. The molecule has 0 spiro atoms. The van der Waals surface area contributed by atoms with Crippen LogP contribution in [-0.2, 0) is 16.0 Å². The van der Waals surface area contributed by atoms with Gasteiger partial charge in [-0.05, 0) is 81.6 Å². The van der Waals surface area contributed by atoms with Crippen LogP contribution in [0.15, 0.2) is 53.6 Å². The smallest absolute Gasteiger partial charge is 0.338 e. The zero-order valence-corrected chi connectivity index (χ0v) is 19.2. The largest absolute Gasteiger partial charge is 0.462 e. The maximum absolute atomic E-state index is 12.2. The third-order valence-corrected chi connectivity index (χ3v) is 5.44. The topological polar surface area (TPSA) is 72.7 Å². The number of hydrazone groups is 1. The molecule has 6 nitrogen and oxygen atoms in total. The molecule has 0 saturated heterocycles. The van der Waals surface area contributed by atoms with Crippen LogP contribution in [-0.4, -0.2) is 29.3 Å². The molecule has 0 unspecified atom stereocenters. The van der Waals surface area contributed by atoms with Crippen molar-refractivity contribution < 1.29 is 14.3 Å². The number of carbonyl (C=O) groups excluding carboxylic acids is 2. The highest BCUT2D eigenvalue weighted by Gasteiger charge is 2.12. The van der Waals surface area contributed by atoms with Crippen molar-refractivity contribution >= 4 is 18.1 Å². The van der Waals surface area contributed by atoms with Crippen molar-refractivity contribution in [3.05, 3.63) is 87.7 Å². The molecular formula is C26H29N3O3. The lowest BCUT2D eigenvalue weighted by Crippen LogP contribution is -2.19. The van der Waals surface area contributed by atoms with Crippen LogP contribution in [0, 0.1) is 27.7 Å². The summed E-state index contributed by atoms with van der Waals surface area (Å²) in [6, 6.07) is 15.3. The maximum Gasteiger partial charge on any atom is 0.338 e. The Kier molecular flexibility index (Phi) is 7.25. The van der Waals surface area contributed by atoms with Crippen LogP contribution < -0.4 is 5.43 Å². The van der Waals surface area contributed by atoms with Gasteiger partial charge >= 0.3 is 5.97 Å². The van der Waals surface area contributed by atoms with E-state index in [1.807, 2.05) is 57.2 Å². The van der Waals surface area contributed by atoms with E-state index in [4.69, 9.17) is 4.74 Å². The molecule has 0 fully saturated rings. The number of benzene rings is 2. The molecule has 1 heterocycles. The summed E-state index contributed by atoms with van der Waals surface area (Å²) < 4.78 is 7.12. The first kappa shape index (κ1) is 23.0. The van der Waals surface area contributed by atoms with Gasteiger partial charge in [0.25, 0.3) is 0 Å². The van der Waals surface area contributed by atoms with Crippen LogP contribution in [0.25, 0.3) is 5.69 Å². The van der Waals surface area contributed by atoms with E-state index >= 15 is 0 Å². The summed E-state index contributed by atoms with van der Waals surface area (Å²) in [6.07, 6.45) is 1.94. The molecule has 0 aliphatic carbocycles. The molecule has 0 aliphatic heterocycles. The lowest BCUT2D eigenvalue weighted by atomic mass is 10.0. The predicted molar refractivity (Wildman–Crippen MR) is 127 cm³/mol. The minimum Gasteiger partial charge on any atom is -0.462 e. The van der Waals surface area contributed by atoms with Crippen LogP contribution in [0.5, 0.6) is 0 Å². The molecule has 0 saturated carbocycles. The summed E-state index contributed by atoms with van der Waals surface area (Å²) in [4.78, 5) is 24.1. The average molecular weight is 432 g/mol. The van der Waals surface area contributed by atoms with E-state index in [0.29, 0.717) is 12.2 Å². The number of nitrogens with one attached hydrogen (secondary N) is 1. The molecule has 0 radical (unpaired) electrons. The Labute approximate surface area is 188 Å². The predicted octanol–water partition coefficient (Wildman–Crippen LogP) is 4.58. The molecule has 3 rings (SSSR count). The lowest BCUT2D eigenvalue weighted by Gasteiger charge is -2.10. The standard InChI is InChI=1S/C26H29N3O3/c1-6-32-26(31)22-9-11-24(12-10-22)29-19(4)14-23(20(29)5)16-27-28-25(30)15-21-8-7-17(2)18(3)13-21/h7-14,16H,6,15H2,1-5H3,(H,28,30)/b27-16-. The summed E-state index contributed by atoms with van der Waals surface area (Å²) in [5.74, 6) is -0.489. The maximum atomic E-state index is 12.2. The molecule has 0 aliphatic rings. The second kappa shape index (κ2) is 10.1. The van der Waals surface area contributed by atoms with Gasteiger partial charge in [0.2, 0.25) is 5.91 Å². The van der Waals surface area contributed by atoms with Gasteiger partial charge in [0.1, 0.15) is 0 Å². The van der Waals surface area contributed by atoms with E-state index in [1.54, 1.807) is 25.3 Å². The second-order valence-electron chi connectivity index (χ2n) is 7.82. The number of carbonyl (C=O) groups is 2. The van der Waals surface area contributed by atoms with Gasteiger partial charge in [0, 0.05) is 22.6 Å². The summed E-state index contributed by atoms with van der Waals surface area (Å²) in [6.45, 7) is 10.2. The number of ether oxygens (including phenoxy) is 1. The highest BCUT2D eigenvalue weighted by atomic mass is 16.5. The van der Waals surface area contributed by atoms with Crippen molar-refractivity contribution in [2.24, 2.45) is 5.10 Å². The summed E-state index contributed by atoms with van der Waals surface area (Å²) in [5.41, 5.74) is 10.3. The van der Waals surface area contributed by atoms with E-state index in [0.717, 1.165) is 28.2 Å². The van der Waals surface area contributed by atoms with E-state index in [-0.39, 0.29) is 18.3 Å². The van der Waals surface area contributed by atoms with Gasteiger partial charge in [0.15, 0.2) is 0 Å². The molecule has 2 aromatic carbocycles. The van der Waals surface area contributed by atoms with Gasteiger partial charge in [0.05, 0.1) is 24.8 Å². The normalized spacial score (nSPS) is 11.0. The van der Waals surface area contributed by atoms with E-state index in [9.17, 15) is 9.59 Å². The third kappa shape index (κ3) is 5.32. The summed E-state index contributed by atoms with van der Waals surface area (Å²) in [7, 11) is 0. The van der Waals surface area contributed by atoms with Crippen molar-refractivity contribution in [2.45, 2.75) is 41.0 Å². The monoisotopic (exact) mass is 431 g/mol.